The van der Waals surface area contributed by atoms with Crippen LogP contribution in [0.4, 0.5) is 0 Å². The van der Waals surface area contributed by atoms with Gasteiger partial charge in [-0.05, 0) is 35.8 Å². The number of halogens is 1. The Labute approximate surface area is 107 Å². The standard InChI is InChI=1S/C11H12BrN3O2/c1-3-17-10(16)5-9-14-8-4-7(12)6(2)13-11(8)15-9/h4H,3,5H2,1-2H3,(H,13,14,15). The zero-order valence-corrected chi connectivity index (χ0v) is 11.2. The average molecular weight is 298 g/mol. The van der Waals surface area contributed by atoms with E-state index in [1.54, 1.807) is 6.92 Å². The molecule has 90 valence electrons. The Bertz CT molecular complexity index is 526. The number of imidazole rings is 1. The molecule has 0 aliphatic heterocycles. The maximum atomic E-state index is 11.3. The van der Waals surface area contributed by atoms with Crippen molar-refractivity contribution in [2.75, 3.05) is 6.61 Å². The molecule has 1 N–H and O–H groups in total. The SMILES string of the molecule is CCOC(=O)Cc1nc2nc(C)c(Br)cc2[nH]1. The molecule has 0 aliphatic rings. The molecule has 5 nitrogen and oxygen atoms in total. The van der Waals surface area contributed by atoms with Crippen LogP contribution in [0, 0.1) is 6.92 Å². The molecule has 0 aromatic carbocycles. The smallest absolute Gasteiger partial charge is 0.313 e. The van der Waals surface area contributed by atoms with Crippen LogP contribution in [-0.2, 0) is 16.0 Å². The fraction of sp³-hybridized carbons (Fsp3) is 0.364. The Morgan fingerprint density at radius 1 is 1.53 bits per heavy atom. The molecular formula is C11H12BrN3O2. The number of aryl methyl sites for hydroxylation is 1. The van der Waals surface area contributed by atoms with Crippen molar-refractivity contribution in [3.05, 3.63) is 22.1 Å². The summed E-state index contributed by atoms with van der Waals surface area (Å²) in [5.41, 5.74) is 2.29. The second-order valence-electron chi connectivity index (χ2n) is 3.59. The molecule has 0 saturated carbocycles. The van der Waals surface area contributed by atoms with Gasteiger partial charge in [0.15, 0.2) is 5.65 Å². The van der Waals surface area contributed by atoms with Gasteiger partial charge in [0, 0.05) is 4.47 Å². The summed E-state index contributed by atoms with van der Waals surface area (Å²) >= 11 is 3.40. The molecule has 0 saturated heterocycles. The molecule has 17 heavy (non-hydrogen) atoms. The minimum atomic E-state index is -0.289. The zero-order chi connectivity index (χ0) is 12.4. The Morgan fingerprint density at radius 2 is 2.29 bits per heavy atom. The molecule has 0 bridgehead atoms. The number of aromatic amines is 1. The highest BCUT2D eigenvalue weighted by atomic mass is 79.9. The minimum absolute atomic E-state index is 0.140. The number of pyridine rings is 1. The number of carbonyl (C=O) groups excluding carboxylic acids is 1. The molecule has 0 fully saturated rings. The number of ether oxygens (including phenoxy) is 1. The topological polar surface area (TPSA) is 67.9 Å². The van der Waals surface area contributed by atoms with Crippen molar-refractivity contribution < 1.29 is 9.53 Å². The van der Waals surface area contributed by atoms with Crippen molar-refractivity contribution in [3.8, 4) is 0 Å². The summed E-state index contributed by atoms with van der Waals surface area (Å²) in [6, 6.07) is 1.90. The number of rotatable bonds is 3. The molecule has 6 heteroatoms. The van der Waals surface area contributed by atoms with Gasteiger partial charge in [0.05, 0.1) is 17.8 Å². The lowest BCUT2D eigenvalue weighted by Crippen LogP contribution is -2.08. The van der Waals surface area contributed by atoms with Gasteiger partial charge in [-0.15, -0.1) is 0 Å². The second-order valence-corrected chi connectivity index (χ2v) is 4.45. The fourth-order valence-electron chi connectivity index (χ4n) is 1.49. The van der Waals surface area contributed by atoms with Crippen LogP contribution in [0.2, 0.25) is 0 Å². The number of hydrogen-bond acceptors (Lipinski definition) is 4. The van der Waals surface area contributed by atoms with E-state index >= 15 is 0 Å². The number of nitrogens with zero attached hydrogens (tertiary/aromatic N) is 2. The van der Waals surface area contributed by atoms with E-state index in [0.29, 0.717) is 18.1 Å². The van der Waals surface area contributed by atoms with Crippen molar-refractivity contribution in [1.82, 2.24) is 15.0 Å². The van der Waals surface area contributed by atoms with Gasteiger partial charge in [-0.2, -0.15) is 0 Å². The quantitative estimate of drug-likeness (QED) is 0.881. The summed E-state index contributed by atoms with van der Waals surface area (Å²) in [7, 11) is 0. The predicted octanol–water partition coefficient (Wildman–Crippen LogP) is 2.13. The number of hydrogen-bond donors (Lipinski definition) is 1. The molecule has 0 aliphatic carbocycles. The van der Waals surface area contributed by atoms with Crippen LogP contribution in [0.5, 0.6) is 0 Å². The molecule has 2 heterocycles. The summed E-state index contributed by atoms with van der Waals surface area (Å²) in [5, 5.41) is 0. The monoisotopic (exact) mass is 297 g/mol. The van der Waals surface area contributed by atoms with Gasteiger partial charge < -0.3 is 9.72 Å². The van der Waals surface area contributed by atoms with Gasteiger partial charge in [0.1, 0.15) is 12.2 Å². The van der Waals surface area contributed by atoms with Gasteiger partial charge in [-0.3, -0.25) is 4.79 Å². The lowest BCUT2D eigenvalue weighted by Gasteiger charge is -1.97. The summed E-state index contributed by atoms with van der Waals surface area (Å²) in [4.78, 5) is 22.9. The Hall–Kier alpha value is -1.43. The summed E-state index contributed by atoms with van der Waals surface area (Å²) in [6.07, 6.45) is 0.140. The van der Waals surface area contributed by atoms with Crippen LogP contribution < -0.4 is 0 Å². The van der Waals surface area contributed by atoms with Crippen LogP contribution >= 0.6 is 15.9 Å². The summed E-state index contributed by atoms with van der Waals surface area (Å²) < 4.78 is 5.77. The third kappa shape index (κ3) is 2.63. The van der Waals surface area contributed by atoms with E-state index < -0.39 is 0 Å². The van der Waals surface area contributed by atoms with Crippen LogP contribution in [-0.4, -0.2) is 27.5 Å². The van der Waals surface area contributed by atoms with E-state index in [2.05, 4.69) is 30.9 Å². The van der Waals surface area contributed by atoms with Gasteiger partial charge in [-0.1, -0.05) is 0 Å². The third-order valence-electron chi connectivity index (χ3n) is 2.27. The first-order valence-corrected chi connectivity index (χ1v) is 6.06. The Kier molecular flexibility index (Phi) is 3.42. The lowest BCUT2D eigenvalue weighted by atomic mass is 10.3. The molecule has 2 rings (SSSR count). The molecule has 0 radical (unpaired) electrons. The Morgan fingerprint density at radius 3 is 3.00 bits per heavy atom. The number of carbonyl (C=O) groups is 1. The highest BCUT2D eigenvalue weighted by molar-refractivity contribution is 9.10. The van der Waals surface area contributed by atoms with E-state index in [-0.39, 0.29) is 12.4 Å². The molecule has 0 unspecified atom stereocenters. The average Bonchev–Trinajstić information content (AvgIpc) is 2.60. The van der Waals surface area contributed by atoms with E-state index in [4.69, 9.17) is 4.74 Å². The van der Waals surface area contributed by atoms with E-state index in [1.807, 2.05) is 13.0 Å². The first kappa shape index (κ1) is 12.0. The number of nitrogens with one attached hydrogen (secondary N) is 1. The van der Waals surface area contributed by atoms with E-state index in [1.165, 1.54) is 0 Å². The van der Waals surface area contributed by atoms with Crippen LogP contribution in [0.1, 0.15) is 18.4 Å². The van der Waals surface area contributed by atoms with Crippen molar-refractivity contribution in [3.63, 3.8) is 0 Å². The highest BCUT2D eigenvalue weighted by Crippen LogP contribution is 2.19. The van der Waals surface area contributed by atoms with Gasteiger partial charge in [0.25, 0.3) is 0 Å². The number of fused-ring (bicyclic) bond motifs is 1. The van der Waals surface area contributed by atoms with Crippen molar-refractivity contribution in [1.29, 1.82) is 0 Å². The first-order valence-electron chi connectivity index (χ1n) is 5.27. The number of aromatic nitrogens is 3. The van der Waals surface area contributed by atoms with Crippen molar-refractivity contribution in [2.24, 2.45) is 0 Å². The highest BCUT2D eigenvalue weighted by Gasteiger charge is 2.10. The Balaban J connectivity index is 2.29. The van der Waals surface area contributed by atoms with Gasteiger partial charge in [-0.25, -0.2) is 9.97 Å². The molecule has 0 spiro atoms. The largest absolute Gasteiger partial charge is 0.466 e. The van der Waals surface area contributed by atoms with Crippen LogP contribution in [0.3, 0.4) is 0 Å². The second kappa shape index (κ2) is 4.83. The summed E-state index contributed by atoms with van der Waals surface area (Å²) in [5.74, 6) is 0.283. The van der Waals surface area contributed by atoms with E-state index in [0.717, 1.165) is 15.7 Å². The first-order chi connectivity index (χ1) is 8.10. The third-order valence-corrected chi connectivity index (χ3v) is 3.07. The normalized spacial score (nSPS) is 10.8. The molecule has 2 aromatic rings. The van der Waals surface area contributed by atoms with E-state index in [9.17, 15) is 4.79 Å². The maximum Gasteiger partial charge on any atom is 0.313 e. The lowest BCUT2D eigenvalue weighted by molar-refractivity contribution is -0.142. The van der Waals surface area contributed by atoms with Crippen LogP contribution in [0.25, 0.3) is 11.2 Å². The maximum absolute atomic E-state index is 11.3. The van der Waals surface area contributed by atoms with Crippen molar-refractivity contribution >= 4 is 33.1 Å². The number of esters is 1. The number of H-pyrrole nitrogens is 1. The minimum Gasteiger partial charge on any atom is -0.466 e. The molecule has 2 aromatic heterocycles. The van der Waals surface area contributed by atoms with Crippen LogP contribution in [0.15, 0.2) is 10.5 Å². The van der Waals surface area contributed by atoms with Gasteiger partial charge in [0.2, 0.25) is 0 Å². The molecule has 0 amide bonds. The summed E-state index contributed by atoms with van der Waals surface area (Å²) in [6.45, 7) is 4.05. The predicted molar refractivity (Wildman–Crippen MR) is 66.7 cm³/mol. The molecular weight excluding hydrogens is 286 g/mol. The zero-order valence-electron chi connectivity index (χ0n) is 9.58. The fourth-order valence-corrected chi connectivity index (χ4v) is 1.81. The van der Waals surface area contributed by atoms with Gasteiger partial charge >= 0.3 is 5.97 Å². The van der Waals surface area contributed by atoms with Crippen molar-refractivity contribution in [2.45, 2.75) is 20.3 Å². The molecule has 0 atom stereocenters.